The Labute approximate surface area is 154 Å². The summed E-state index contributed by atoms with van der Waals surface area (Å²) in [7, 11) is 1.29. The van der Waals surface area contributed by atoms with Gasteiger partial charge < -0.3 is 15.0 Å². The minimum atomic E-state index is -1.23. The number of carbonyl (C=O) groups excluding carboxylic acids is 3. The van der Waals surface area contributed by atoms with Gasteiger partial charge in [0.05, 0.1) is 18.4 Å². The van der Waals surface area contributed by atoms with Crippen LogP contribution in [0.1, 0.15) is 56.8 Å². The van der Waals surface area contributed by atoms with Gasteiger partial charge in [0.25, 0.3) is 0 Å². The largest absolute Gasteiger partial charge is 0.465 e. The molecule has 0 aliphatic carbocycles. The summed E-state index contributed by atoms with van der Waals surface area (Å²) in [5, 5.41) is 2.73. The van der Waals surface area contributed by atoms with Crippen LogP contribution in [-0.2, 0) is 14.3 Å². The number of benzene rings is 1. The van der Waals surface area contributed by atoms with Crippen LogP contribution in [0.3, 0.4) is 0 Å². The van der Waals surface area contributed by atoms with Crippen LogP contribution in [0.2, 0.25) is 0 Å². The first-order chi connectivity index (χ1) is 12.3. The highest BCUT2D eigenvalue weighted by molar-refractivity contribution is 6.11. The van der Waals surface area contributed by atoms with Crippen molar-refractivity contribution in [3.05, 3.63) is 29.8 Å². The van der Waals surface area contributed by atoms with Crippen LogP contribution in [0.15, 0.2) is 24.3 Å². The fraction of sp³-hybridized carbons (Fsp3) is 0.550. The van der Waals surface area contributed by atoms with E-state index in [2.05, 4.69) is 12.2 Å². The first kappa shape index (κ1) is 19.9. The van der Waals surface area contributed by atoms with Gasteiger partial charge >= 0.3 is 5.97 Å². The lowest BCUT2D eigenvalue weighted by atomic mass is 9.87. The number of anilines is 1. The molecule has 0 saturated carbocycles. The molecule has 6 nitrogen and oxygen atoms in total. The van der Waals surface area contributed by atoms with E-state index >= 15 is 0 Å². The lowest BCUT2D eigenvalue weighted by molar-refractivity contribution is -0.149. The molecule has 1 unspecified atom stereocenters. The van der Waals surface area contributed by atoms with Gasteiger partial charge in [-0.2, -0.15) is 0 Å². The van der Waals surface area contributed by atoms with Crippen LogP contribution in [0.5, 0.6) is 0 Å². The maximum absolute atomic E-state index is 13.1. The zero-order chi connectivity index (χ0) is 19.3. The van der Waals surface area contributed by atoms with Crippen molar-refractivity contribution < 1.29 is 19.1 Å². The highest BCUT2D eigenvalue weighted by Crippen LogP contribution is 2.28. The Morgan fingerprint density at radius 1 is 1.23 bits per heavy atom. The van der Waals surface area contributed by atoms with E-state index in [0.29, 0.717) is 12.2 Å². The summed E-state index contributed by atoms with van der Waals surface area (Å²) in [6.07, 6.45) is 3.94. The van der Waals surface area contributed by atoms with Crippen molar-refractivity contribution in [3.63, 3.8) is 0 Å². The van der Waals surface area contributed by atoms with E-state index < -0.39 is 17.3 Å². The molecule has 2 rings (SSSR count). The van der Waals surface area contributed by atoms with Crippen LogP contribution in [0, 0.1) is 5.41 Å². The molecule has 1 aliphatic rings. The molecule has 0 radical (unpaired) electrons. The number of carbonyl (C=O) groups is 3. The zero-order valence-corrected chi connectivity index (χ0v) is 16.0. The number of hydrogen-bond donors (Lipinski definition) is 1. The summed E-state index contributed by atoms with van der Waals surface area (Å²) in [5.74, 6) is -1.14. The Morgan fingerprint density at radius 3 is 2.58 bits per heavy atom. The lowest BCUT2D eigenvalue weighted by Gasteiger charge is -2.39. The SMILES string of the molecule is CCC1CCCCN1C(=O)C(C)(C)C(=O)Nc1ccccc1C(=O)OC. The Morgan fingerprint density at radius 2 is 1.92 bits per heavy atom. The molecule has 2 amide bonds. The molecule has 1 heterocycles. The van der Waals surface area contributed by atoms with Crippen molar-refractivity contribution in [2.24, 2.45) is 5.41 Å². The first-order valence-corrected chi connectivity index (χ1v) is 9.12. The molecule has 1 aromatic rings. The number of methoxy groups -OCH3 is 1. The molecule has 0 aromatic heterocycles. The monoisotopic (exact) mass is 360 g/mol. The number of nitrogens with zero attached hydrogens (tertiary/aromatic N) is 1. The third kappa shape index (κ3) is 4.06. The summed E-state index contributed by atoms with van der Waals surface area (Å²) in [6, 6.07) is 6.80. The molecule has 6 heteroatoms. The molecule has 1 fully saturated rings. The molecule has 1 aliphatic heterocycles. The number of piperidine rings is 1. The second-order valence-corrected chi connectivity index (χ2v) is 7.17. The molecule has 26 heavy (non-hydrogen) atoms. The van der Waals surface area contributed by atoms with Crippen molar-refractivity contribution in [1.82, 2.24) is 4.90 Å². The number of ether oxygens (including phenoxy) is 1. The second-order valence-electron chi connectivity index (χ2n) is 7.17. The quantitative estimate of drug-likeness (QED) is 0.646. The average Bonchev–Trinajstić information content (AvgIpc) is 2.66. The van der Waals surface area contributed by atoms with Gasteiger partial charge in [-0.05, 0) is 51.7 Å². The Kier molecular flexibility index (Phi) is 6.40. The number of esters is 1. The van der Waals surface area contributed by atoms with Crippen LogP contribution in [-0.4, -0.2) is 42.4 Å². The van der Waals surface area contributed by atoms with Gasteiger partial charge in [0.1, 0.15) is 5.41 Å². The fourth-order valence-corrected chi connectivity index (χ4v) is 3.31. The maximum Gasteiger partial charge on any atom is 0.339 e. The minimum Gasteiger partial charge on any atom is -0.465 e. The molecule has 1 saturated heterocycles. The predicted octanol–water partition coefficient (Wildman–Crippen LogP) is 3.23. The third-order valence-electron chi connectivity index (χ3n) is 5.04. The molecule has 142 valence electrons. The summed E-state index contributed by atoms with van der Waals surface area (Å²) in [4.78, 5) is 39.7. The highest BCUT2D eigenvalue weighted by Gasteiger charge is 2.41. The van der Waals surface area contributed by atoms with Gasteiger partial charge in [-0.15, -0.1) is 0 Å². The van der Waals surface area contributed by atoms with Gasteiger partial charge in [0.15, 0.2) is 0 Å². The van der Waals surface area contributed by atoms with Gasteiger partial charge in [-0.1, -0.05) is 19.1 Å². The van der Waals surface area contributed by atoms with Crippen molar-refractivity contribution >= 4 is 23.5 Å². The summed E-state index contributed by atoms with van der Waals surface area (Å²) in [6.45, 7) is 6.02. The van der Waals surface area contributed by atoms with Gasteiger partial charge in [-0.25, -0.2) is 4.79 Å². The summed E-state index contributed by atoms with van der Waals surface area (Å²) in [5.41, 5.74) is -0.625. The first-order valence-electron chi connectivity index (χ1n) is 9.12. The van der Waals surface area contributed by atoms with Crippen molar-refractivity contribution in [3.8, 4) is 0 Å². The average molecular weight is 360 g/mol. The third-order valence-corrected chi connectivity index (χ3v) is 5.04. The number of para-hydroxylation sites is 1. The van der Waals surface area contributed by atoms with Gasteiger partial charge in [0.2, 0.25) is 11.8 Å². The standard InChI is InChI=1S/C20H28N2O4/c1-5-14-10-8-9-13-22(14)19(25)20(2,3)18(24)21-16-12-7-6-11-15(16)17(23)26-4/h6-7,11-12,14H,5,8-10,13H2,1-4H3,(H,21,24). The minimum absolute atomic E-state index is 0.169. The predicted molar refractivity (Wildman–Crippen MR) is 99.8 cm³/mol. The molecule has 1 aromatic carbocycles. The smallest absolute Gasteiger partial charge is 0.339 e. The van der Waals surface area contributed by atoms with Crippen LogP contribution in [0.25, 0.3) is 0 Å². The molecule has 0 spiro atoms. The number of hydrogen-bond acceptors (Lipinski definition) is 4. The van der Waals surface area contributed by atoms with E-state index in [4.69, 9.17) is 4.74 Å². The maximum atomic E-state index is 13.1. The molecular weight excluding hydrogens is 332 g/mol. The second kappa shape index (κ2) is 8.34. The van der Waals surface area contributed by atoms with E-state index in [-0.39, 0.29) is 17.5 Å². The molecule has 0 bridgehead atoms. The van der Waals surface area contributed by atoms with E-state index in [1.54, 1.807) is 38.1 Å². The van der Waals surface area contributed by atoms with E-state index in [1.807, 2.05) is 4.90 Å². The zero-order valence-electron chi connectivity index (χ0n) is 16.0. The van der Waals surface area contributed by atoms with Gasteiger partial charge in [0, 0.05) is 12.6 Å². The van der Waals surface area contributed by atoms with E-state index in [1.165, 1.54) is 7.11 Å². The van der Waals surface area contributed by atoms with Gasteiger partial charge in [-0.3, -0.25) is 9.59 Å². The van der Waals surface area contributed by atoms with Crippen molar-refractivity contribution in [2.75, 3.05) is 19.0 Å². The van der Waals surface area contributed by atoms with Crippen LogP contribution >= 0.6 is 0 Å². The topological polar surface area (TPSA) is 75.7 Å². The van der Waals surface area contributed by atoms with E-state index in [0.717, 1.165) is 25.7 Å². The summed E-state index contributed by atoms with van der Waals surface area (Å²) >= 11 is 0. The Hall–Kier alpha value is -2.37. The normalized spacial score (nSPS) is 17.5. The van der Waals surface area contributed by atoms with E-state index in [9.17, 15) is 14.4 Å². The number of nitrogens with one attached hydrogen (secondary N) is 1. The highest BCUT2D eigenvalue weighted by atomic mass is 16.5. The number of amides is 2. The van der Waals surface area contributed by atoms with Crippen molar-refractivity contribution in [2.45, 2.75) is 52.5 Å². The van der Waals surface area contributed by atoms with Crippen LogP contribution < -0.4 is 5.32 Å². The fourth-order valence-electron chi connectivity index (χ4n) is 3.31. The lowest BCUT2D eigenvalue weighted by Crippen LogP contribution is -2.52. The summed E-state index contributed by atoms with van der Waals surface area (Å²) < 4.78 is 4.75. The van der Waals surface area contributed by atoms with Crippen LogP contribution in [0.4, 0.5) is 5.69 Å². The Bertz CT molecular complexity index is 684. The molecule has 1 atom stereocenters. The number of likely N-dealkylation sites (tertiary alicyclic amines) is 1. The Balaban J connectivity index is 2.20. The van der Waals surface area contributed by atoms with Crippen molar-refractivity contribution in [1.29, 1.82) is 0 Å². The molecular formula is C20H28N2O4. The molecule has 1 N–H and O–H groups in total. The number of rotatable bonds is 5.